The fourth-order valence-electron chi connectivity index (χ4n) is 3.10. The van der Waals surface area contributed by atoms with Crippen LogP contribution in [0.5, 0.6) is 0 Å². The van der Waals surface area contributed by atoms with Gasteiger partial charge >= 0.3 is 15.6 Å². The van der Waals surface area contributed by atoms with E-state index in [0.717, 1.165) is 24.2 Å². The topological polar surface area (TPSA) is 145 Å². The van der Waals surface area contributed by atoms with Crippen LogP contribution in [0.25, 0.3) is 0 Å². The van der Waals surface area contributed by atoms with Gasteiger partial charge in [0.25, 0.3) is 0 Å². The van der Waals surface area contributed by atoms with Crippen molar-refractivity contribution >= 4 is 15.6 Å². The number of phosphoric acid groups is 2. The molecule has 0 saturated carbocycles. The van der Waals surface area contributed by atoms with Gasteiger partial charge in [-0.2, -0.15) is 4.31 Å². The van der Waals surface area contributed by atoms with Gasteiger partial charge in [0.2, 0.25) is 0 Å². The molecular formula is C20H44O8P2. The van der Waals surface area contributed by atoms with Crippen LogP contribution in [-0.2, 0) is 13.4 Å². The molecule has 0 amide bonds. The van der Waals surface area contributed by atoms with Crippen LogP contribution in [0.3, 0.4) is 0 Å². The van der Waals surface area contributed by atoms with Crippen molar-refractivity contribution in [1.82, 2.24) is 0 Å². The van der Waals surface area contributed by atoms with Gasteiger partial charge in [0, 0.05) is 0 Å². The Morgan fingerprint density at radius 1 is 0.800 bits per heavy atom. The van der Waals surface area contributed by atoms with Gasteiger partial charge in [-0.15, -0.1) is 0 Å². The van der Waals surface area contributed by atoms with E-state index in [0.29, 0.717) is 0 Å². The maximum Gasteiger partial charge on any atom is 0.478 e. The van der Waals surface area contributed by atoms with Crippen LogP contribution in [-0.4, -0.2) is 31.3 Å². The van der Waals surface area contributed by atoms with Crippen LogP contribution in [0.4, 0.5) is 0 Å². The molecule has 0 aromatic rings. The predicted molar refractivity (Wildman–Crippen MR) is 121 cm³/mol. The molecule has 182 valence electrons. The summed E-state index contributed by atoms with van der Waals surface area (Å²) in [5, 5.41) is 8.83. The number of allylic oxidation sites excluding steroid dienone is 1. The average Bonchev–Trinajstić information content (AvgIpc) is 2.51. The second kappa shape index (κ2) is 17.5. The molecule has 0 spiro atoms. The van der Waals surface area contributed by atoms with Crippen LogP contribution in [0, 0.1) is 17.8 Å². The Balaban J connectivity index is 0. The lowest BCUT2D eigenvalue weighted by Gasteiger charge is -2.15. The molecule has 0 aromatic carbocycles. The molecular weight excluding hydrogens is 430 g/mol. The van der Waals surface area contributed by atoms with Gasteiger partial charge in [-0.1, -0.05) is 84.3 Å². The molecule has 8 nitrogen and oxygen atoms in total. The molecule has 0 unspecified atom stereocenters. The van der Waals surface area contributed by atoms with Gasteiger partial charge in [-0.05, 0) is 37.5 Å². The van der Waals surface area contributed by atoms with Crippen molar-refractivity contribution in [2.24, 2.45) is 17.8 Å². The Morgan fingerprint density at radius 3 is 1.53 bits per heavy atom. The lowest BCUT2D eigenvalue weighted by atomic mass is 9.91. The standard InChI is InChI=1S/C20H40O.H4O7P2/c1-17(2)9-6-10-18(3)11-7-12-19(4)13-8-14-20(5)15-16-21;1-8(2,3)7-9(4,5)6/h15,17-19,21H,6-14,16H2,1-5H3;(H2,1,2,3)(H2,4,5,6)/t18-,19-;/m1./s1. The van der Waals surface area contributed by atoms with E-state index in [9.17, 15) is 9.13 Å². The molecule has 0 rings (SSSR count). The quantitative estimate of drug-likeness (QED) is 0.153. The summed E-state index contributed by atoms with van der Waals surface area (Å²) in [5.41, 5.74) is 1.34. The van der Waals surface area contributed by atoms with E-state index < -0.39 is 15.6 Å². The van der Waals surface area contributed by atoms with Crippen molar-refractivity contribution in [3.63, 3.8) is 0 Å². The maximum atomic E-state index is 9.63. The lowest BCUT2D eigenvalue weighted by molar-refractivity contribution is 0.225. The van der Waals surface area contributed by atoms with Gasteiger partial charge in [0.05, 0.1) is 6.61 Å². The molecule has 0 aliphatic heterocycles. The second-order valence-electron chi connectivity index (χ2n) is 8.65. The van der Waals surface area contributed by atoms with Crippen LogP contribution in [0.1, 0.15) is 92.4 Å². The van der Waals surface area contributed by atoms with E-state index >= 15 is 0 Å². The lowest BCUT2D eigenvalue weighted by Crippen LogP contribution is -2.00. The van der Waals surface area contributed by atoms with Crippen molar-refractivity contribution in [1.29, 1.82) is 0 Å². The first kappa shape index (κ1) is 32.1. The molecule has 5 N–H and O–H groups in total. The normalized spacial score (nSPS) is 15.0. The third-order valence-electron chi connectivity index (χ3n) is 4.79. The van der Waals surface area contributed by atoms with E-state index in [1.165, 1.54) is 56.9 Å². The highest BCUT2D eigenvalue weighted by Crippen LogP contribution is 2.53. The van der Waals surface area contributed by atoms with E-state index in [2.05, 4.69) is 38.9 Å². The van der Waals surface area contributed by atoms with Crippen LogP contribution < -0.4 is 0 Å². The molecule has 0 heterocycles. The second-order valence-corrected chi connectivity index (χ2v) is 11.3. The molecule has 0 aliphatic carbocycles. The molecule has 0 aromatic heterocycles. The summed E-state index contributed by atoms with van der Waals surface area (Å²) in [6.45, 7) is 11.8. The van der Waals surface area contributed by atoms with Gasteiger partial charge in [-0.3, -0.25) is 0 Å². The largest absolute Gasteiger partial charge is 0.478 e. The highest BCUT2D eigenvalue weighted by atomic mass is 31.3. The summed E-state index contributed by atoms with van der Waals surface area (Å²) in [6, 6.07) is 0. The first-order valence-corrected chi connectivity index (χ1v) is 13.8. The fraction of sp³-hybridized carbons (Fsp3) is 0.900. The molecule has 2 atom stereocenters. The molecule has 0 saturated heterocycles. The minimum Gasteiger partial charge on any atom is -0.392 e. The zero-order valence-electron chi connectivity index (χ0n) is 19.2. The zero-order chi connectivity index (χ0) is 23.8. The van der Waals surface area contributed by atoms with Gasteiger partial charge < -0.3 is 24.7 Å². The minimum absolute atomic E-state index is 0.191. The van der Waals surface area contributed by atoms with Gasteiger partial charge in [0.1, 0.15) is 0 Å². The summed E-state index contributed by atoms with van der Waals surface area (Å²) in [7, 11) is -10.1. The predicted octanol–water partition coefficient (Wildman–Crippen LogP) is 5.55. The third-order valence-corrected chi connectivity index (χ3v) is 6.49. The van der Waals surface area contributed by atoms with E-state index in [1.54, 1.807) is 0 Å². The Morgan fingerprint density at radius 2 is 1.20 bits per heavy atom. The fourth-order valence-corrected chi connectivity index (χ4v) is 4.21. The summed E-state index contributed by atoms with van der Waals surface area (Å²) in [4.78, 5) is 31.0. The molecule has 0 aliphatic rings. The Kier molecular flexibility index (Phi) is 18.8. The van der Waals surface area contributed by atoms with Crippen molar-refractivity contribution < 1.29 is 38.1 Å². The number of aliphatic hydroxyl groups excluding tert-OH is 1. The summed E-state index contributed by atoms with van der Waals surface area (Å²) in [5.74, 6) is 2.63. The molecule has 0 radical (unpaired) electrons. The molecule has 0 fully saturated rings. The Labute approximate surface area is 182 Å². The summed E-state index contributed by atoms with van der Waals surface area (Å²) in [6.07, 6.45) is 14.1. The Bertz CT molecular complexity index is 519. The number of hydrogen-bond acceptors (Lipinski definition) is 4. The van der Waals surface area contributed by atoms with Crippen LogP contribution in [0.15, 0.2) is 11.6 Å². The van der Waals surface area contributed by atoms with Crippen molar-refractivity contribution in [2.45, 2.75) is 92.4 Å². The monoisotopic (exact) mass is 474 g/mol. The molecule has 0 bridgehead atoms. The Hall–Kier alpha value is -0.0400. The number of hydrogen-bond donors (Lipinski definition) is 5. The summed E-state index contributed by atoms with van der Waals surface area (Å²) >= 11 is 0. The van der Waals surface area contributed by atoms with E-state index in [4.69, 9.17) is 24.7 Å². The minimum atomic E-state index is -5.05. The van der Waals surface area contributed by atoms with Gasteiger partial charge in [0.15, 0.2) is 0 Å². The van der Waals surface area contributed by atoms with Crippen molar-refractivity contribution in [3.05, 3.63) is 11.6 Å². The molecule has 10 heteroatoms. The van der Waals surface area contributed by atoms with E-state index in [-0.39, 0.29) is 6.61 Å². The first-order valence-electron chi connectivity index (χ1n) is 10.7. The van der Waals surface area contributed by atoms with E-state index in [1.807, 2.05) is 6.08 Å². The maximum absolute atomic E-state index is 9.63. The summed E-state index contributed by atoms with van der Waals surface area (Å²) < 4.78 is 22.2. The van der Waals surface area contributed by atoms with Gasteiger partial charge in [-0.25, -0.2) is 9.13 Å². The van der Waals surface area contributed by atoms with Crippen LogP contribution >= 0.6 is 15.6 Å². The van der Waals surface area contributed by atoms with Crippen molar-refractivity contribution in [3.8, 4) is 0 Å². The van der Waals surface area contributed by atoms with Crippen molar-refractivity contribution in [2.75, 3.05) is 6.61 Å². The van der Waals surface area contributed by atoms with Crippen LogP contribution in [0.2, 0.25) is 0 Å². The average molecular weight is 475 g/mol. The number of aliphatic hydroxyl groups is 1. The zero-order valence-corrected chi connectivity index (χ0v) is 21.0. The third kappa shape index (κ3) is 28.0. The number of rotatable bonds is 15. The highest BCUT2D eigenvalue weighted by Gasteiger charge is 2.27. The SMILES string of the molecule is CC(=CCO)CCC[C@H](C)CCC[C@H](C)CCCC(C)C.O=P(O)(O)OP(=O)(O)O. The molecule has 30 heavy (non-hydrogen) atoms. The first-order chi connectivity index (χ1) is 13.7. The smallest absolute Gasteiger partial charge is 0.392 e. The highest BCUT2D eigenvalue weighted by molar-refractivity contribution is 7.60.